The molecular formula is C28H34N8OS2. The predicted octanol–water partition coefficient (Wildman–Crippen LogP) is 4.00. The van der Waals surface area contributed by atoms with Crippen LogP contribution >= 0.6 is 22.7 Å². The molecule has 0 aliphatic carbocycles. The summed E-state index contributed by atoms with van der Waals surface area (Å²) in [6.45, 7) is 4.46. The molecule has 2 atom stereocenters. The lowest BCUT2D eigenvalue weighted by atomic mass is 9.82. The first-order valence-corrected chi connectivity index (χ1v) is 15.3. The first-order chi connectivity index (χ1) is 18.9. The number of nitrogens with one attached hydrogen (secondary N) is 2. The number of aromatic nitrogens is 6. The van der Waals surface area contributed by atoms with Gasteiger partial charge in [-0.1, -0.05) is 0 Å². The average molecular weight is 563 g/mol. The second-order valence-electron chi connectivity index (χ2n) is 10.4. The van der Waals surface area contributed by atoms with Crippen molar-refractivity contribution in [1.29, 1.82) is 0 Å². The molecule has 4 aromatic heterocycles. The second-order valence-corrected chi connectivity index (χ2v) is 12.3. The molecule has 11 heteroatoms. The van der Waals surface area contributed by atoms with Gasteiger partial charge in [-0.15, -0.1) is 22.7 Å². The van der Waals surface area contributed by atoms with Crippen LogP contribution in [0.25, 0.3) is 24.6 Å². The van der Waals surface area contributed by atoms with E-state index >= 15 is 0 Å². The molecular weight excluding hydrogens is 528 g/mol. The third-order valence-electron chi connectivity index (χ3n) is 8.28. The number of nitrogens with zero attached hydrogens (tertiary/aromatic N) is 6. The van der Waals surface area contributed by atoms with Crippen LogP contribution in [0.3, 0.4) is 0 Å². The summed E-state index contributed by atoms with van der Waals surface area (Å²) in [6.07, 6.45) is 16.6. The van der Waals surface area contributed by atoms with Crippen LogP contribution in [0.1, 0.15) is 70.0 Å². The van der Waals surface area contributed by atoms with Crippen LogP contribution in [0.4, 0.5) is 0 Å². The first kappa shape index (κ1) is 26.3. The summed E-state index contributed by atoms with van der Waals surface area (Å²) in [6, 6.07) is 4.41. The van der Waals surface area contributed by atoms with Gasteiger partial charge in [0.05, 0.1) is 11.8 Å². The summed E-state index contributed by atoms with van der Waals surface area (Å²) in [4.78, 5) is 12.0. The minimum atomic E-state index is 0. The van der Waals surface area contributed by atoms with E-state index in [9.17, 15) is 0 Å². The van der Waals surface area contributed by atoms with Crippen LogP contribution in [-0.2, 0) is 0 Å². The van der Waals surface area contributed by atoms with E-state index in [1.165, 1.54) is 46.6 Å². The molecule has 2 saturated heterocycles. The maximum absolute atomic E-state index is 4.54. The van der Waals surface area contributed by atoms with Gasteiger partial charge in [0.2, 0.25) is 0 Å². The van der Waals surface area contributed by atoms with Crippen LogP contribution in [0.15, 0.2) is 35.5 Å². The van der Waals surface area contributed by atoms with Crippen LogP contribution < -0.4 is 10.6 Å². The van der Waals surface area contributed by atoms with Crippen molar-refractivity contribution >= 4 is 47.2 Å². The Morgan fingerprint density at radius 3 is 1.54 bits per heavy atom. The smallest absolute Gasteiger partial charge is 0.140 e. The fourth-order valence-corrected chi connectivity index (χ4v) is 8.53. The van der Waals surface area contributed by atoms with Gasteiger partial charge in [-0.25, -0.2) is 19.3 Å². The van der Waals surface area contributed by atoms with Crippen molar-refractivity contribution in [3.05, 3.63) is 68.1 Å². The lowest BCUT2D eigenvalue weighted by molar-refractivity contribution is 0.336. The molecule has 9 nitrogen and oxygen atoms in total. The molecule has 204 valence electrons. The third kappa shape index (κ3) is 5.05. The Labute approximate surface area is 236 Å². The molecule has 8 heterocycles. The van der Waals surface area contributed by atoms with E-state index in [0.29, 0.717) is 23.7 Å². The maximum atomic E-state index is 4.54. The highest BCUT2D eigenvalue weighted by Crippen LogP contribution is 2.43. The van der Waals surface area contributed by atoms with Crippen molar-refractivity contribution in [2.45, 2.75) is 37.5 Å². The van der Waals surface area contributed by atoms with Crippen LogP contribution in [0, 0.1) is 11.8 Å². The Kier molecular flexibility index (Phi) is 7.85. The van der Waals surface area contributed by atoms with Crippen molar-refractivity contribution in [3.63, 3.8) is 0 Å². The molecule has 8 rings (SSSR count). The zero-order valence-corrected chi connectivity index (χ0v) is 23.4. The highest BCUT2D eigenvalue weighted by Gasteiger charge is 2.34. The van der Waals surface area contributed by atoms with Gasteiger partial charge in [-0.2, -0.15) is 10.2 Å². The van der Waals surface area contributed by atoms with Crippen LogP contribution in [0.2, 0.25) is 0 Å². The van der Waals surface area contributed by atoms with E-state index in [-0.39, 0.29) is 5.48 Å². The molecule has 0 radical (unpaired) electrons. The summed E-state index contributed by atoms with van der Waals surface area (Å²) in [7, 11) is 0. The van der Waals surface area contributed by atoms with Crippen molar-refractivity contribution < 1.29 is 5.48 Å². The topological polar surface area (TPSA) is 117 Å². The average Bonchev–Trinajstić information content (AvgIpc) is 3.77. The Morgan fingerprint density at radius 2 is 1.10 bits per heavy atom. The van der Waals surface area contributed by atoms with E-state index in [4.69, 9.17) is 0 Å². The van der Waals surface area contributed by atoms with Gasteiger partial charge in [0.15, 0.2) is 0 Å². The standard InChI is InChI=1S/2C14H16N4S.H2O/c2*1-5-15-6-2-10(1)12-13-11(4-8-19-13)3-7-18-14(12)16-9-17-18;/h2*3-4,7-10,12,15H,1-2,5-6H2;1H2. The molecule has 0 spiro atoms. The van der Waals surface area contributed by atoms with E-state index in [2.05, 4.69) is 65.8 Å². The summed E-state index contributed by atoms with van der Waals surface area (Å²) >= 11 is 3.71. The lowest BCUT2D eigenvalue weighted by Gasteiger charge is -2.29. The van der Waals surface area contributed by atoms with Gasteiger partial charge in [0.1, 0.15) is 24.3 Å². The fourth-order valence-electron chi connectivity index (χ4n) is 6.38. The number of fused-ring (bicyclic) bond motifs is 4. The second kappa shape index (κ2) is 11.6. The molecule has 4 aliphatic heterocycles. The summed E-state index contributed by atoms with van der Waals surface area (Å²) in [5.74, 6) is 4.33. The monoisotopic (exact) mass is 562 g/mol. The lowest BCUT2D eigenvalue weighted by Crippen LogP contribution is -2.31. The molecule has 2 unspecified atom stereocenters. The van der Waals surface area contributed by atoms with Gasteiger partial charge in [0, 0.05) is 22.2 Å². The zero-order valence-electron chi connectivity index (χ0n) is 21.7. The Hall–Kier alpha value is -2.96. The molecule has 4 aromatic rings. The van der Waals surface area contributed by atoms with Crippen LogP contribution in [0.5, 0.6) is 0 Å². The number of rotatable bonds is 2. The summed E-state index contributed by atoms with van der Waals surface area (Å²) in [5.41, 5.74) is 2.67. The maximum Gasteiger partial charge on any atom is 0.140 e. The van der Waals surface area contributed by atoms with Gasteiger partial charge >= 0.3 is 0 Å². The van der Waals surface area contributed by atoms with Crippen LogP contribution in [-0.4, -0.2) is 61.2 Å². The van der Waals surface area contributed by atoms with Gasteiger partial charge in [-0.05, 0) is 110 Å². The highest BCUT2D eigenvalue weighted by atomic mass is 32.1. The molecule has 0 amide bonds. The van der Waals surface area contributed by atoms with Gasteiger partial charge < -0.3 is 16.1 Å². The number of piperidine rings is 2. The van der Waals surface area contributed by atoms with Gasteiger partial charge in [-0.3, -0.25) is 0 Å². The van der Waals surface area contributed by atoms with Crippen molar-refractivity contribution in [1.82, 2.24) is 40.2 Å². The molecule has 4 aliphatic rings. The Morgan fingerprint density at radius 1 is 0.667 bits per heavy atom. The SMILES string of the molecule is C1=Cn2ncnc2C(C2CCNCC2)c2sccc21.C1=Cn2ncnc2C(C2CCNCC2)c2sccc21.O. The number of hydrogen-bond acceptors (Lipinski definition) is 8. The highest BCUT2D eigenvalue weighted by molar-refractivity contribution is 7.10. The summed E-state index contributed by atoms with van der Waals surface area (Å²) < 4.78 is 3.89. The Balaban J connectivity index is 0.000000138. The quantitative estimate of drug-likeness (QED) is 0.381. The molecule has 0 aromatic carbocycles. The van der Waals surface area contributed by atoms with E-state index < -0.39 is 0 Å². The normalized spacial score (nSPS) is 22.3. The molecule has 0 bridgehead atoms. The van der Waals surface area contributed by atoms with E-state index in [1.807, 2.05) is 44.4 Å². The molecule has 39 heavy (non-hydrogen) atoms. The number of hydrogen-bond donors (Lipinski definition) is 2. The van der Waals surface area contributed by atoms with E-state index in [1.54, 1.807) is 12.7 Å². The van der Waals surface area contributed by atoms with E-state index in [0.717, 1.165) is 37.8 Å². The minimum Gasteiger partial charge on any atom is -0.412 e. The minimum absolute atomic E-state index is 0. The fraction of sp³-hybridized carbons (Fsp3) is 0.429. The third-order valence-corrected chi connectivity index (χ3v) is 10.3. The summed E-state index contributed by atoms with van der Waals surface area (Å²) in [5, 5.41) is 19.9. The Bertz CT molecular complexity index is 1240. The molecule has 4 N–H and O–H groups in total. The molecule has 0 saturated carbocycles. The predicted molar refractivity (Wildman–Crippen MR) is 158 cm³/mol. The largest absolute Gasteiger partial charge is 0.412 e. The zero-order chi connectivity index (χ0) is 25.3. The molecule has 2 fully saturated rings. The number of thiophene rings is 2. The van der Waals surface area contributed by atoms with Gasteiger partial charge in [0.25, 0.3) is 0 Å². The van der Waals surface area contributed by atoms with Crippen molar-refractivity contribution in [3.8, 4) is 0 Å². The first-order valence-electron chi connectivity index (χ1n) is 13.6. The van der Waals surface area contributed by atoms with Crippen molar-refractivity contribution in [2.75, 3.05) is 26.2 Å². The van der Waals surface area contributed by atoms with Crippen molar-refractivity contribution in [2.24, 2.45) is 11.8 Å².